The van der Waals surface area contributed by atoms with E-state index in [0.717, 1.165) is 18.4 Å². The number of amides is 1. The number of aryl methyl sites for hydroxylation is 1. The molecule has 1 aromatic heterocycles. The summed E-state index contributed by atoms with van der Waals surface area (Å²) in [5.74, 6) is -0.0485. The first kappa shape index (κ1) is 16.3. The van der Waals surface area contributed by atoms with E-state index in [2.05, 4.69) is 35.4 Å². The number of carbonyl (C=O) groups is 1. The molecular weight excluding hydrogens is 298 g/mol. The minimum Gasteiger partial charge on any atom is -0.361 e. The fourth-order valence-electron chi connectivity index (χ4n) is 2.98. The number of aromatic nitrogens is 1. The quantitative estimate of drug-likeness (QED) is 0.652. The van der Waals surface area contributed by atoms with Gasteiger partial charge in [0, 0.05) is 35.8 Å². The first-order valence-corrected chi connectivity index (χ1v) is 8.38. The molecule has 0 fully saturated rings. The van der Waals surface area contributed by atoms with Crippen LogP contribution in [0.3, 0.4) is 0 Å². The van der Waals surface area contributed by atoms with E-state index in [4.69, 9.17) is 5.73 Å². The Kier molecular flexibility index (Phi) is 4.96. The molecule has 24 heavy (non-hydrogen) atoms. The molecule has 0 saturated heterocycles. The molecule has 4 N–H and O–H groups in total. The van der Waals surface area contributed by atoms with Crippen LogP contribution in [-0.4, -0.2) is 17.4 Å². The number of rotatable bonds is 6. The van der Waals surface area contributed by atoms with Gasteiger partial charge in [-0.3, -0.25) is 4.79 Å². The van der Waals surface area contributed by atoms with Crippen molar-refractivity contribution in [2.24, 2.45) is 5.73 Å². The lowest BCUT2D eigenvalue weighted by atomic mass is 10.1. The van der Waals surface area contributed by atoms with Crippen LogP contribution >= 0.6 is 0 Å². The zero-order valence-electron chi connectivity index (χ0n) is 13.9. The molecule has 0 bridgehead atoms. The second kappa shape index (κ2) is 7.32. The van der Waals surface area contributed by atoms with Crippen molar-refractivity contribution in [3.05, 3.63) is 70.9 Å². The number of nitrogens with one attached hydrogen (secondary N) is 2. The van der Waals surface area contributed by atoms with Crippen molar-refractivity contribution in [3.63, 3.8) is 0 Å². The summed E-state index contributed by atoms with van der Waals surface area (Å²) < 4.78 is 0. The number of H-pyrrole nitrogens is 1. The van der Waals surface area contributed by atoms with Crippen molar-refractivity contribution in [3.8, 4) is 0 Å². The summed E-state index contributed by atoms with van der Waals surface area (Å²) in [6.45, 7) is 3.26. The third kappa shape index (κ3) is 3.34. The molecule has 4 nitrogen and oxygen atoms in total. The molecule has 0 aliphatic rings. The Morgan fingerprint density at radius 1 is 1.12 bits per heavy atom. The van der Waals surface area contributed by atoms with E-state index in [0.29, 0.717) is 18.7 Å². The van der Waals surface area contributed by atoms with Crippen LogP contribution in [0.5, 0.6) is 0 Å². The number of benzene rings is 2. The van der Waals surface area contributed by atoms with Gasteiger partial charge in [0.15, 0.2) is 0 Å². The Hall–Kier alpha value is -2.59. The summed E-state index contributed by atoms with van der Waals surface area (Å²) in [5.41, 5.74) is 11.0. The summed E-state index contributed by atoms with van der Waals surface area (Å²) in [6.07, 6.45) is 3.86. The molecule has 0 radical (unpaired) electrons. The molecule has 2 aromatic carbocycles. The molecule has 3 aromatic rings. The van der Waals surface area contributed by atoms with Crippen LogP contribution in [0.25, 0.3) is 10.9 Å². The molecule has 0 atom stereocenters. The summed E-state index contributed by atoms with van der Waals surface area (Å²) in [6, 6.07) is 13.8. The van der Waals surface area contributed by atoms with E-state index < -0.39 is 0 Å². The Morgan fingerprint density at radius 3 is 2.62 bits per heavy atom. The fourth-order valence-corrected chi connectivity index (χ4v) is 2.98. The molecular formula is C20H23N3O. The first-order valence-electron chi connectivity index (χ1n) is 8.38. The maximum atomic E-state index is 12.2. The highest BCUT2D eigenvalue weighted by atomic mass is 16.1. The van der Waals surface area contributed by atoms with Crippen LogP contribution in [0.1, 0.15) is 34.0 Å². The van der Waals surface area contributed by atoms with Crippen LogP contribution < -0.4 is 11.1 Å². The SMILES string of the molecule is CCc1cccc2c(CCNC(=O)c3ccc(CN)cc3)c[nH]c12. The molecule has 3 rings (SSSR count). The van der Waals surface area contributed by atoms with Crippen LogP contribution in [0, 0.1) is 0 Å². The topological polar surface area (TPSA) is 70.9 Å². The predicted molar refractivity (Wildman–Crippen MR) is 98.0 cm³/mol. The summed E-state index contributed by atoms with van der Waals surface area (Å²) in [5, 5.41) is 4.23. The zero-order chi connectivity index (χ0) is 16.9. The maximum absolute atomic E-state index is 12.2. The first-order chi connectivity index (χ1) is 11.7. The van der Waals surface area contributed by atoms with Gasteiger partial charge in [0.25, 0.3) is 5.91 Å². The van der Waals surface area contributed by atoms with Crippen molar-refractivity contribution >= 4 is 16.8 Å². The van der Waals surface area contributed by atoms with Gasteiger partial charge in [-0.15, -0.1) is 0 Å². The van der Waals surface area contributed by atoms with Gasteiger partial charge >= 0.3 is 0 Å². The Bertz CT molecular complexity index is 834. The van der Waals surface area contributed by atoms with E-state index in [1.807, 2.05) is 30.5 Å². The highest BCUT2D eigenvalue weighted by Crippen LogP contribution is 2.22. The fraction of sp³-hybridized carbons (Fsp3) is 0.250. The van der Waals surface area contributed by atoms with Gasteiger partial charge in [0.1, 0.15) is 0 Å². The van der Waals surface area contributed by atoms with Crippen molar-refractivity contribution in [2.75, 3.05) is 6.54 Å². The smallest absolute Gasteiger partial charge is 0.251 e. The average molecular weight is 321 g/mol. The third-order valence-corrected chi connectivity index (χ3v) is 4.40. The molecule has 1 heterocycles. The minimum absolute atomic E-state index is 0.0485. The van der Waals surface area contributed by atoms with Gasteiger partial charge in [-0.05, 0) is 41.7 Å². The van der Waals surface area contributed by atoms with Crippen molar-refractivity contribution in [1.82, 2.24) is 10.3 Å². The maximum Gasteiger partial charge on any atom is 0.251 e. The van der Waals surface area contributed by atoms with Crippen LogP contribution in [0.4, 0.5) is 0 Å². The minimum atomic E-state index is -0.0485. The number of hydrogen-bond donors (Lipinski definition) is 3. The molecule has 0 saturated carbocycles. The monoisotopic (exact) mass is 321 g/mol. The number of carbonyl (C=O) groups excluding carboxylic acids is 1. The summed E-state index contributed by atoms with van der Waals surface area (Å²) >= 11 is 0. The lowest BCUT2D eigenvalue weighted by Crippen LogP contribution is -2.25. The largest absolute Gasteiger partial charge is 0.361 e. The number of hydrogen-bond acceptors (Lipinski definition) is 2. The number of fused-ring (bicyclic) bond motifs is 1. The van der Waals surface area contributed by atoms with E-state index in [1.165, 1.54) is 22.0 Å². The molecule has 0 aliphatic heterocycles. The van der Waals surface area contributed by atoms with E-state index in [9.17, 15) is 4.79 Å². The van der Waals surface area contributed by atoms with Crippen molar-refractivity contribution in [2.45, 2.75) is 26.3 Å². The average Bonchev–Trinajstić information content (AvgIpc) is 3.05. The van der Waals surface area contributed by atoms with E-state index in [1.54, 1.807) is 0 Å². The van der Waals surface area contributed by atoms with Crippen LogP contribution in [0.15, 0.2) is 48.7 Å². The van der Waals surface area contributed by atoms with E-state index >= 15 is 0 Å². The van der Waals surface area contributed by atoms with Gasteiger partial charge in [-0.2, -0.15) is 0 Å². The van der Waals surface area contributed by atoms with Crippen molar-refractivity contribution < 1.29 is 4.79 Å². The van der Waals surface area contributed by atoms with E-state index in [-0.39, 0.29) is 5.91 Å². The summed E-state index contributed by atoms with van der Waals surface area (Å²) in [7, 11) is 0. The zero-order valence-corrected chi connectivity index (χ0v) is 13.9. The molecule has 4 heteroatoms. The summed E-state index contributed by atoms with van der Waals surface area (Å²) in [4.78, 5) is 15.6. The van der Waals surface area contributed by atoms with Gasteiger partial charge < -0.3 is 16.0 Å². The molecule has 1 amide bonds. The second-order valence-electron chi connectivity index (χ2n) is 5.91. The van der Waals surface area contributed by atoms with Gasteiger partial charge in [-0.25, -0.2) is 0 Å². The highest BCUT2D eigenvalue weighted by molar-refractivity contribution is 5.94. The van der Waals surface area contributed by atoms with Crippen LogP contribution in [-0.2, 0) is 19.4 Å². The van der Waals surface area contributed by atoms with Gasteiger partial charge in [-0.1, -0.05) is 37.3 Å². The lowest BCUT2D eigenvalue weighted by molar-refractivity contribution is 0.0954. The lowest BCUT2D eigenvalue weighted by Gasteiger charge is -2.06. The molecule has 0 unspecified atom stereocenters. The van der Waals surface area contributed by atoms with Crippen molar-refractivity contribution in [1.29, 1.82) is 0 Å². The standard InChI is InChI=1S/C20H23N3O/c1-2-15-4-3-5-18-17(13-23-19(15)18)10-11-22-20(24)16-8-6-14(12-21)7-9-16/h3-9,13,23H,2,10-12,21H2,1H3,(H,22,24). The Labute approximate surface area is 142 Å². The highest BCUT2D eigenvalue weighted by Gasteiger charge is 2.08. The predicted octanol–water partition coefficient (Wildman–Crippen LogP) is 3.16. The van der Waals surface area contributed by atoms with Gasteiger partial charge in [0.2, 0.25) is 0 Å². The number of para-hydroxylation sites is 1. The Balaban J connectivity index is 1.63. The van der Waals surface area contributed by atoms with Gasteiger partial charge in [0.05, 0.1) is 0 Å². The normalized spacial score (nSPS) is 10.9. The van der Waals surface area contributed by atoms with Crippen LogP contribution in [0.2, 0.25) is 0 Å². The second-order valence-corrected chi connectivity index (χ2v) is 5.91. The molecule has 124 valence electrons. The molecule has 0 aliphatic carbocycles. The number of aromatic amines is 1. The molecule has 0 spiro atoms. The number of nitrogens with two attached hydrogens (primary N) is 1. The third-order valence-electron chi connectivity index (χ3n) is 4.40. The Morgan fingerprint density at radius 2 is 1.92 bits per heavy atom.